The zero-order valence-corrected chi connectivity index (χ0v) is 2.24. The molecule has 1 radical (unpaired) electrons. The van der Waals surface area contributed by atoms with Gasteiger partial charge in [0.25, 0.3) is 0 Å². The first-order chi connectivity index (χ1) is 1.91. The van der Waals surface area contributed by atoms with E-state index >= 15 is 0 Å². The highest BCUT2D eigenvalue weighted by Gasteiger charge is 1.67. The molecule has 0 atom stereocenters. The van der Waals surface area contributed by atoms with Gasteiger partial charge in [0.15, 0.2) is 0 Å². The second-order valence-corrected chi connectivity index (χ2v) is 0.390. The van der Waals surface area contributed by atoms with Crippen LogP contribution in [0.4, 0.5) is 4.39 Å². The Morgan fingerprint density at radius 1 is 2.00 bits per heavy atom. The number of alkyl halides is 1. The summed E-state index contributed by atoms with van der Waals surface area (Å²) in [6.07, 6.45) is 0. The Hall–Kier alpha value is -0.0451. The molecule has 0 amide bonds. The van der Waals surface area contributed by atoms with Crippen molar-refractivity contribution >= 4 is 7.41 Å². The summed E-state index contributed by atoms with van der Waals surface area (Å²) in [4.78, 5) is 0. The third-order valence-corrected chi connectivity index (χ3v) is 0.0891. The summed E-state index contributed by atoms with van der Waals surface area (Å²) < 4.78 is 10.5. The van der Waals surface area contributed by atoms with Gasteiger partial charge in [-0.2, -0.15) is 0 Å². The van der Waals surface area contributed by atoms with Crippen molar-refractivity contribution in [2.75, 3.05) is 6.57 Å². The molecule has 0 unspecified atom stereocenters. The average Bonchev–Trinajstić information content (AvgIpc) is 1.37. The molecule has 0 spiro atoms. The lowest BCUT2D eigenvalue weighted by atomic mass is 10.0. The average molecular weight is 59.9 g/mol. The first-order valence-corrected chi connectivity index (χ1v) is 1.01. The lowest BCUT2D eigenvalue weighted by Gasteiger charge is -1.61. The molecule has 0 aliphatic heterocycles. The van der Waals surface area contributed by atoms with Gasteiger partial charge in [0, 0.05) is 0 Å². The topological polar surface area (TPSA) is 26.0 Å². The van der Waals surface area contributed by atoms with Gasteiger partial charge in [-0.3, -0.25) is 4.39 Å². The third-order valence-electron chi connectivity index (χ3n) is 0.0891. The van der Waals surface area contributed by atoms with E-state index in [0.29, 0.717) is 0 Å². The molecule has 0 aromatic carbocycles. The summed E-state index contributed by atoms with van der Waals surface area (Å²) in [6.45, 7) is -0.528. The van der Waals surface area contributed by atoms with Gasteiger partial charge < -0.3 is 5.64 Å². The zero-order valence-electron chi connectivity index (χ0n) is 2.24. The fourth-order valence-electron chi connectivity index (χ4n) is 0. The molecule has 0 aliphatic rings. The van der Waals surface area contributed by atoms with Crippen LogP contribution in [0.2, 0.25) is 0 Å². The van der Waals surface area contributed by atoms with Crippen LogP contribution in [-0.2, 0) is 0 Å². The normalized spacial score (nSPS) is 6.50. The molecule has 0 rings (SSSR count). The van der Waals surface area contributed by atoms with Gasteiger partial charge in [0.1, 0.15) is 0 Å². The van der Waals surface area contributed by atoms with E-state index in [1.165, 1.54) is 0 Å². The van der Waals surface area contributed by atoms with Crippen molar-refractivity contribution in [2.45, 2.75) is 0 Å². The smallest absolute Gasteiger partial charge is 0.241 e. The summed E-state index contributed by atoms with van der Waals surface area (Å²) in [5, 5.41) is 0. The quantitative estimate of drug-likeness (QED) is 0.405. The fourth-order valence-corrected chi connectivity index (χ4v) is 0. The highest BCUT2D eigenvalue weighted by molar-refractivity contribution is 6.30. The summed E-state index contributed by atoms with van der Waals surface area (Å²) in [6, 6.07) is 0. The largest absolute Gasteiger partial charge is 0.372 e. The summed E-state index contributed by atoms with van der Waals surface area (Å²) in [7, 11) is 0.958. The first-order valence-electron chi connectivity index (χ1n) is 1.01. The molecular weight excluding hydrogens is 55.8 g/mol. The zero-order chi connectivity index (χ0) is 3.41. The van der Waals surface area contributed by atoms with Crippen molar-refractivity contribution in [3.8, 4) is 0 Å². The molecule has 0 saturated heterocycles. The van der Waals surface area contributed by atoms with Crippen LogP contribution in [0.25, 0.3) is 0 Å². The van der Waals surface area contributed by atoms with Crippen LogP contribution in [0.3, 0.4) is 0 Å². The minimum absolute atomic E-state index is 0.528. The fraction of sp³-hybridized carbons (Fsp3) is 1.00. The summed E-state index contributed by atoms with van der Waals surface area (Å²) in [5.41, 5.74) is 4.53. The van der Waals surface area contributed by atoms with Crippen LogP contribution < -0.4 is 5.64 Å². The molecule has 0 bridgehead atoms. The Morgan fingerprint density at radius 3 is 2.25 bits per heavy atom. The van der Waals surface area contributed by atoms with Crippen molar-refractivity contribution in [1.82, 2.24) is 0 Å². The SMILES string of the molecule is N[B]CF. The molecule has 23 valence electrons. The van der Waals surface area contributed by atoms with Gasteiger partial charge >= 0.3 is 0 Å². The second-order valence-electron chi connectivity index (χ2n) is 0.390. The van der Waals surface area contributed by atoms with Crippen molar-refractivity contribution in [1.29, 1.82) is 0 Å². The van der Waals surface area contributed by atoms with E-state index in [1.54, 1.807) is 0 Å². The highest BCUT2D eigenvalue weighted by atomic mass is 19.1. The van der Waals surface area contributed by atoms with Gasteiger partial charge in [-0.15, -0.1) is 0 Å². The molecule has 3 heteroatoms. The molecular formula is CH4BFN. The van der Waals surface area contributed by atoms with E-state index in [2.05, 4.69) is 5.64 Å². The summed E-state index contributed by atoms with van der Waals surface area (Å²) >= 11 is 0. The standard InChI is InChI=1S/CH4BFN/c3-1-2-4/h1,4H2. The number of nitrogens with two attached hydrogens (primary N) is 1. The lowest BCUT2D eigenvalue weighted by Crippen LogP contribution is -2.05. The Bertz CT molecular complexity index is 10.0. The predicted octanol–water partition coefficient (Wildman–Crippen LogP) is -0.509. The number of rotatable bonds is 1. The van der Waals surface area contributed by atoms with Crippen LogP contribution >= 0.6 is 0 Å². The lowest BCUT2D eigenvalue weighted by molar-refractivity contribution is 0.593. The van der Waals surface area contributed by atoms with Gasteiger partial charge in [0.2, 0.25) is 7.41 Å². The van der Waals surface area contributed by atoms with Crippen molar-refractivity contribution < 1.29 is 4.39 Å². The Labute approximate surface area is 25.3 Å². The molecule has 0 fully saturated rings. The van der Waals surface area contributed by atoms with Crippen molar-refractivity contribution in [3.63, 3.8) is 0 Å². The Morgan fingerprint density at radius 2 is 2.25 bits per heavy atom. The monoisotopic (exact) mass is 60.0 g/mol. The Balaban J connectivity index is 1.97. The van der Waals surface area contributed by atoms with E-state index in [0.717, 1.165) is 7.41 Å². The van der Waals surface area contributed by atoms with E-state index in [-0.39, 0.29) is 0 Å². The van der Waals surface area contributed by atoms with Crippen molar-refractivity contribution in [2.24, 2.45) is 5.64 Å². The highest BCUT2D eigenvalue weighted by Crippen LogP contribution is 1.46. The van der Waals surface area contributed by atoms with Crippen molar-refractivity contribution in [3.05, 3.63) is 0 Å². The van der Waals surface area contributed by atoms with Crippen LogP contribution in [-0.4, -0.2) is 14.0 Å². The first kappa shape index (κ1) is 3.95. The number of halogens is 1. The summed E-state index contributed by atoms with van der Waals surface area (Å²) in [5.74, 6) is 0. The van der Waals surface area contributed by atoms with E-state index in [1.807, 2.05) is 0 Å². The minimum Gasteiger partial charge on any atom is -0.372 e. The third kappa shape index (κ3) is 1.95. The molecule has 0 aliphatic carbocycles. The maximum Gasteiger partial charge on any atom is 0.241 e. The molecule has 1 nitrogen and oxygen atoms in total. The van der Waals surface area contributed by atoms with Crippen LogP contribution in [0.1, 0.15) is 0 Å². The minimum atomic E-state index is -0.528. The second kappa shape index (κ2) is 2.95. The molecule has 0 aromatic heterocycles. The maximum absolute atomic E-state index is 10.5. The predicted molar refractivity (Wildman–Crippen MR) is 15.9 cm³/mol. The molecule has 0 saturated carbocycles. The van der Waals surface area contributed by atoms with E-state index in [9.17, 15) is 4.39 Å². The maximum atomic E-state index is 10.5. The Kier molecular flexibility index (Phi) is 2.92. The number of hydrogen-bond acceptors (Lipinski definition) is 1. The van der Waals surface area contributed by atoms with Crippen LogP contribution in [0.15, 0.2) is 0 Å². The molecule has 0 aromatic rings. The van der Waals surface area contributed by atoms with Gasteiger partial charge in [-0.1, -0.05) is 0 Å². The van der Waals surface area contributed by atoms with Gasteiger partial charge in [-0.05, 0) is 0 Å². The van der Waals surface area contributed by atoms with E-state index < -0.39 is 6.57 Å². The van der Waals surface area contributed by atoms with Gasteiger partial charge in [0.05, 0.1) is 6.57 Å². The molecule has 2 N–H and O–H groups in total. The van der Waals surface area contributed by atoms with E-state index in [4.69, 9.17) is 0 Å². The number of hydrogen-bond donors (Lipinski definition) is 1. The van der Waals surface area contributed by atoms with Crippen LogP contribution in [0.5, 0.6) is 0 Å². The molecule has 4 heavy (non-hydrogen) atoms. The van der Waals surface area contributed by atoms with Gasteiger partial charge in [-0.25, -0.2) is 0 Å². The van der Waals surface area contributed by atoms with Crippen LogP contribution in [0, 0.1) is 0 Å². The molecule has 0 heterocycles.